The normalized spacial score (nSPS) is 9.54. The van der Waals surface area contributed by atoms with Crippen LogP contribution in [0.1, 0.15) is 1.43 Å². The van der Waals surface area contributed by atoms with Gasteiger partial charge in [-0.3, -0.25) is 9.78 Å². The molecule has 13 heavy (non-hydrogen) atoms. The number of nitrogens with one attached hydrogen (secondary N) is 1. The first-order valence-electron chi connectivity index (χ1n) is 3.24. The van der Waals surface area contributed by atoms with Crippen molar-refractivity contribution in [3.8, 4) is 0 Å². The second-order valence-electron chi connectivity index (χ2n) is 2.18. The van der Waals surface area contributed by atoms with Gasteiger partial charge in [-0.25, -0.2) is 9.97 Å². The van der Waals surface area contributed by atoms with Crippen molar-refractivity contribution < 1.29 is 31.0 Å². The molecule has 0 saturated carbocycles. The zero-order valence-electron chi connectivity index (χ0n) is 7.98. The molecular formula is C6H6N5NaO. The van der Waals surface area contributed by atoms with E-state index in [4.69, 9.17) is 5.73 Å². The van der Waals surface area contributed by atoms with Crippen LogP contribution in [0.3, 0.4) is 0 Å². The van der Waals surface area contributed by atoms with E-state index in [0.717, 1.165) is 0 Å². The average molecular weight is 187 g/mol. The number of H-pyrrole nitrogens is 1. The van der Waals surface area contributed by atoms with E-state index in [9.17, 15) is 4.79 Å². The Kier molecular flexibility index (Phi) is 2.97. The molecule has 2 heterocycles. The number of aromatic nitrogens is 4. The summed E-state index contributed by atoms with van der Waals surface area (Å²) in [6.07, 6.45) is 2.88. The Hall–Kier alpha value is -0.980. The van der Waals surface area contributed by atoms with Gasteiger partial charge in [0.2, 0.25) is 5.95 Å². The second kappa shape index (κ2) is 3.82. The number of hydrogen-bond donors (Lipinski definition) is 2. The van der Waals surface area contributed by atoms with E-state index in [1.165, 1.54) is 12.4 Å². The molecule has 0 aromatic carbocycles. The molecular weight excluding hydrogens is 181 g/mol. The number of nitrogens with zero attached hydrogens (tertiary/aromatic N) is 3. The summed E-state index contributed by atoms with van der Waals surface area (Å²) in [5.74, 6) is 0.0491. The fraction of sp³-hybridized carbons (Fsp3) is 0. The summed E-state index contributed by atoms with van der Waals surface area (Å²) in [4.78, 5) is 24.9. The van der Waals surface area contributed by atoms with Crippen molar-refractivity contribution in [1.82, 2.24) is 19.9 Å². The molecule has 0 bridgehead atoms. The van der Waals surface area contributed by atoms with Gasteiger partial charge in [-0.1, -0.05) is 0 Å². The quantitative estimate of drug-likeness (QED) is 0.415. The van der Waals surface area contributed by atoms with Crippen LogP contribution in [0.25, 0.3) is 11.2 Å². The summed E-state index contributed by atoms with van der Waals surface area (Å²) < 4.78 is 0. The maximum Gasteiger partial charge on any atom is 1.00 e. The first-order chi connectivity index (χ1) is 5.77. The van der Waals surface area contributed by atoms with Gasteiger partial charge in [0.05, 0.1) is 0 Å². The molecule has 0 aliphatic carbocycles. The van der Waals surface area contributed by atoms with Crippen LogP contribution >= 0.6 is 0 Å². The molecule has 0 fully saturated rings. The van der Waals surface area contributed by atoms with E-state index in [-0.39, 0.29) is 53.7 Å². The van der Waals surface area contributed by atoms with Crippen molar-refractivity contribution in [3.63, 3.8) is 0 Å². The molecule has 0 saturated heterocycles. The summed E-state index contributed by atoms with van der Waals surface area (Å²) >= 11 is 0. The predicted octanol–water partition coefficient (Wildman–Crippen LogP) is -3.59. The van der Waals surface area contributed by atoms with Crippen molar-refractivity contribution in [3.05, 3.63) is 22.7 Å². The first kappa shape index (κ1) is 10.1. The van der Waals surface area contributed by atoms with Crippen molar-refractivity contribution in [1.29, 1.82) is 0 Å². The molecule has 0 aliphatic heterocycles. The van der Waals surface area contributed by atoms with Crippen molar-refractivity contribution in [2.24, 2.45) is 0 Å². The summed E-state index contributed by atoms with van der Waals surface area (Å²) in [5.41, 5.74) is 5.38. The minimum atomic E-state index is -0.370. The van der Waals surface area contributed by atoms with Gasteiger partial charge in [0.1, 0.15) is 0 Å². The van der Waals surface area contributed by atoms with Gasteiger partial charge in [0.15, 0.2) is 11.2 Å². The van der Waals surface area contributed by atoms with E-state index in [1.807, 2.05) is 0 Å². The van der Waals surface area contributed by atoms with Gasteiger partial charge in [0, 0.05) is 12.4 Å². The van der Waals surface area contributed by atoms with Gasteiger partial charge in [-0.15, -0.1) is 0 Å². The van der Waals surface area contributed by atoms with Crippen molar-refractivity contribution >= 4 is 17.1 Å². The standard InChI is InChI=1S/C6H5N5O.Na.H/c7-6-10-4-3(5(12)11-6)8-1-2-9-4;;/h1-2H,(H3,7,9,10,11,12);;/q;+1;-1. The molecule has 0 atom stereocenters. The van der Waals surface area contributed by atoms with E-state index >= 15 is 0 Å². The first-order valence-corrected chi connectivity index (χ1v) is 3.24. The fourth-order valence-electron chi connectivity index (χ4n) is 0.890. The maximum atomic E-state index is 11.1. The monoisotopic (exact) mass is 187 g/mol. The largest absolute Gasteiger partial charge is 1.00 e. The van der Waals surface area contributed by atoms with E-state index in [1.54, 1.807) is 0 Å². The number of anilines is 1. The number of nitrogens with two attached hydrogens (primary N) is 1. The average Bonchev–Trinajstić information content (AvgIpc) is 2.04. The number of rotatable bonds is 0. The molecule has 62 valence electrons. The predicted molar refractivity (Wildman–Crippen MR) is 43.5 cm³/mol. The van der Waals surface area contributed by atoms with Crippen LogP contribution in [0.4, 0.5) is 5.95 Å². The van der Waals surface area contributed by atoms with Gasteiger partial charge < -0.3 is 7.16 Å². The van der Waals surface area contributed by atoms with Crippen LogP contribution in [0.15, 0.2) is 17.2 Å². The summed E-state index contributed by atoms with van der Waals surface area (Å²) in [6, 6.07) is 0. The Morgan fingerprint density at radius 1 is 1.38 bits per heavy atom. The number of nitrogen functional groups attached to an aromatic ring is 1. The molecule has 6 nitrogen and oxygen atoms in total. The minimum Gasteiger partial charge on any atom is -1.00 e. The molecule has 2 aromatic rings. The maximum absolute atomic E-state index is 11.1. The third kappa shape index (κ3) is 1.85. The summed E-state index contributed by atoms with van der Waals surface area (Å²) in [6.45, 7) is 0. The third-order valence-electron chi connectivity index (χ3n) is 1.36. The van der Waals surface area contributed by atoms with Gasteiger partial charge >= 0.3 is 29.6 Å². The Labute approximate surface area is 96.4 Å². The Morgan fingerprint density at radius 3 is 2.85 bits per heavy atom. The fourth-order valence-corrected chi connectivity index (χ4v) is 0.890. The molecule has 0 radical (unpaired) electrons. The topological polar surface area (TPSA) is 97.5 Å². The Balaban J connectivity index is 0.000000845. The Morgan fingerprint density at radius 2 is 2.08 bits per heavy atom. The molecule has 2 rings (SSSR count). The van der Waals surface area contributed by atoms with Crippen molar-refractivity contribution in [2.75, 3.05) is 5.73 Å². The summed E-state index contributed by atoms with van der Waals surface area (Å²) in [7, 11) is 0. The van der Waals surface area contributed by atoms with Crippen molar-refractivity contribution in [2.45, 2.75) is 0 Å². The molecule has 2 aromatic heterocycles. The van der Waals surface area contributed by atoms with Gasteiger partial charge in [0.25, 0.3) is 5.56 Å². The minimum absolute atomic E-state index is 0. The number of fused-ring (bicyclic) bond motifs is 1. The van der Waals surface area contributed by atoms with Crippen LogP contribution in [0.2, 0.25) is 0 Å². The van der Waals surface area contributed by atoms with E-state index in [0.29, 0.717) is 0 Å². The smallest absolute Gasteiger partial charge is 1.00 e. The zero-order chi connectivity index (χ0) is 8.55. The number of hydrogen-bond acceptors (Lipinski definition) is 5. The summed E-state index contributed by atoms with van der Waals surface area (Å²) in [5, 5.41) is 0. The molecule has 7 heteroatoms. The van der Waals surface area contributed by atoms with Crippen LogP contribution in [0, 0.1) is 0 Å². The third-order valence-corrected chi connectivity index (χ3v) is 1.36. The zero-order valence-corrected chi connectivity index (χ0v) is 8.98. The van der Waals surface area contributed by atoms with Gasteiger partial charge in [-0.05, 0) is 0 Å². The van der Waals surface area contributed by atoms with Crippen LogP contribution in [0.5, 0.6) is 0 Å². The van der Waals surface area contributed by atoms with Gasteiger partial charge in [-0.2, -0.15) is 4.98 Å². The molecule has 0 amide bonds. The molecule has 0 unspecified atom stereocenters. The Bertz CT molecular complexity index is 487. The van der Waals surface area contributed by atoms with Crippen LogP contribution in [-0.2, 0) is 0 Å². The number of aromatic amines is 1. The molecule has 3 N–H and O–H groups in total. The van der Waals surface area contributed by atoms with E-state index < -0.39 is 0 Å². The van der Waals surface area contributed by atoms with Crippen LogP contribution < -0.4 is 40.9 Å². The molecule has 0 aliphatic rings. The van der Waals surface area contributed by atoms with Crippen LogP contribution in [-0.4, -0.2) is 19.9 Å². The molecule has 0 spiro atoms. The SMILES string of the molecule is Nc1nc2nccnc2c(=O)[nH]1.[H-].[Na+]. The van der Waals surface area contributed by atoms with E-state index in [2.05, 4.69) is 19.9 Å². The second-order valence-corrected chi connectivity index (χ2v) is 2.18.